The molecule has 0 saturated carbocycles. The van der Waals surface area contributed by atoms with Crippen molar-refractivity contribution in [1.29, 1.82) is 0 Å². The largest absolute Gasteiger partial charge is 0.497 e. The Labute approximate surface area is 119 Å². The minimum Gasteiger partial charge on any atom is -0.497 e. The third-order valence-electron chi connectivity index (χ3n) is 3.58. The molecule has 2 heteroatoms. The maximum absolute atomic E-state index is 6.07. The second-order valence-electron chi connectivity index (χ2n) is 5.34. The fraction of sp³-hybridized carbons (Fsp3) is 0.222. The summed E-state index contributed by atoms with van der Waals surface area (Å²) in [5.41, 5.74) is 6.02. The van der Waals surface area contributed by atoms with Crippen molar-refractivity contribution < 1.29 is 9.47 Å². The van der Waals surface area contributed by atoms with Crippen LogP contribution in [0.1, 0.15) is 30.5 Å². The fourth-order valence-corrected chi connectivity index (χ4v) is 2.64. The van der Waals surface area contributed by atoms with Gasteiger partial charge in [0.1, 0.15) is 17.2 Å². The van der Waals surface area contributed by atoms with Crippen LogP contribution in [0.5, 0.6) is 17.2 Å². The normalized spacial score (nSPS) is 12.3. The van der Waals surface area contributed by atoms with Gasteiger partial charge in [0.15, 0.2) is 0 Å². The van der Waals surface area contributed by atoms with Crippen molar-refractivity contribution in [1.82, 2.24) is 0 Å². The summed E-state index contributed by atoms with van der Waals surface area (Å²) in [5, 5.41) is 0. The zero-order chi connectivity index (χ0) is 14.3. The number of hydrogen-bond acceptors (Lipinski definition) is 2. The molecular formula is C18H18O2. The molecule has 1 aliphatic heterocycles. The van der Waals surface area contributed by atoms with Gasteiger partial charge in [-0.1, -0.05) is 17.7 Å². The molecule has 0 saturated heterocycles. The molecule has 2 aromatic carbocycles. The van der Waals surface area contributed by atoms with Crippen LogP contribution in [0.25, 0.3) is 5.57 Å². The van der Waals surface area contributed by atoms with Crippen LogP contribution in [0.3, 0.4) is 0 Å². The van der Waals surface area contributed by atoms with E-state index in [2.05, 4.69) is 45.0 Å². The van der Waals surface area contributed by atoms with Crippen molar-refractivity contribution in [3.63, 3.8) is 0 Å². The highest BCUT2D eigenvalue weighted by atomic mass is 16.5. The molecule has 2 nitrogen and oxygen atoms in total. The lowest BCUT2D eigenvalue weighted by Gasteiger charge is -2.25. The van der Waals surface area contributed by atoms with E-state index in [4.69, 9.17) is 9.47 Å². The summed E-state index contributed by atoms with van der Waals surface area (Å²) >= 11 is 0. The van der Waals surface area contributed by atoms with E-state index >= 15 is 0 Å². The summed E-state index contributed by atoms with van der Waals surface area (Å²) in [5.74, 6) is 2.59. The van der Waals surface area contributed by atoms with Crippen molar-refractivity contribution in [3.8, 4) is 17.2 Å². The first-order chi connectivity index (χ1) is 9.60. The van der Waals surface area contributed by atoms with Crippen LogP contribution in [-0.2, 0) is 0 Å². The summed E-state index contributed by atoms with van der Waals surface area (Å²) in [6, 6.07) is 12.3. The van der Waals surface area contributed by atoms with E-state index in [9.17, 15) is 0 Å². The summed E-state index contributed by atoms with van der Waals surface area (Å²) < 4.78 is 11.4. The molecule has 1 heterocycles. The average molecular weight is 266 g/mol. The molecule has 0 N–H and O–H groups in total. The minimum atomic E-state index is 0.813. The number of hydrogen-bond donors (Lipinski definition) is 0. The molecule has 0 fully saturated rings. The molecule has 0 spiro atoms. The molecule has 0 unspecified atom stereocenters. The highest BCUT2D eigenvalue weighted by Gasteiger charge is 2.23. The van der Waals surface area contributed by atoms with Gasteiger partial charge >= 0.3 is 0 Å². The number of ether oxygens (including phenoxy) is 2. The Hall–Kier alpha value is -2.22. The van der Waals surface area contributed by atoms with E-state index in [1.165, 1.54) is 16.7 Å². The van der Waals surface area contributed by atoms with Crippen LogP contribution >= 0.6 is 0 Å². The van der Waals surface area contributed by atoms with E-state index < -0.39 is 0 Å². The number of aryl methyl sites for hydroxylation is 1. The van der Waals surface area contributed by atoms with Crippen molar-refractivity contribution in [3.05, 3.63) is 58.7 Å². The van der Waals surface area contributed by atoms with Gasteiger partial charge in [0.05, 0.1) is 7.11 Å². The zero-order valence-electron chi connectivity index (χ0n) is 12.3. The van der Waals surface area contributed by atoms with Crippen molar-refractivity contribution in [2.45, 2.75) is 20.8 Å². The van der Waals surface area contributed by atoms with E-state index in [0.29, 0.717) is 0 Å². The summed E-state index contributed by atoms with van der Waals surface area (Å²) in [7, 11) is 1.67. The lowest BCUT2D eigenvalue weighted by atomic mass is 9.90. The van der Waals surface area contributed by atoms with Crippen molar-refractivity contribution in [2.75, 3.05) is 7.11 Å². The smallest absolute Gasteiger partial charge is 0.138 e. The molecule has 1 aliphatic rings. The van der Waals surface area contributed by atoms with Crippen molar-refractivity contribution >= 4 is 5.57 Å². The van der Waals surface area contributed by atoms with Gasteiger partial charge in [0.2, 0.25) is 0 Å². The predicted octanol–water partition coefficient (Wildman–Crippen LogP) is 4.95. The van der Waals surface area contributed by atoms with Crippen LogP contribution in [0, 0.1) is 6.92 Å². The minimum absolute atomic E-state index is 0.813. The fourth-order valence-electron chi connectivity index (χ4n) is 2.64. The summed E-state index contributed by atoms with van der Waals surface area (Å²) in [6.07, 6.45) is 0. The summed E-state index contributed by atoms with van der Waals surface area (Å²) in [6.45, 7) is 6.35. The molecule has 2 aromatic rings. The number of benzene rings is 2. The number of allylic oxidation sites excluding steroid dienone is 1. The zero-order valence-corrected chi connectivity index (χ0v) is 12.3. The van der Waals surface area contributed by atoms with Gasteiger partial charge in [-0.3, -0.25) is 0 Å². The Morgan fingerprint density at radius 3 is 2.25 bits per heavy atom. The molecule has 0 aliphatic carbocycles. The highest BCUT2D eigenvalue weighted by Crippen LogP contribution is 2.46. The van der Waals surface area contributed by atoms with Crippen LogP contribution in [0.15, 0.2) is 42.0 Å². The number of fused-ring (bicyclic) bond motifs is 2. The van der Waals surface area contributed by atoms with Gasteiger partial charge < -0.3 is 9.47 Å². The molecular weight excluding hydrogens is 248 g/mol. The molecule has 0 radical (unpaired) electrons. The van der Waals surface area contributed by atoms with Crippen LogP contribution in [0.2, 0.25) is 0 Å². The first-order valence-corrected chi connectivity index (χ1v) is 6.75. The molecule has 0 atom stereocenters. The van der Waals surface area contributed by atoms with Gasteiger partial charge in [0, 0.05) is 17.2 Å². The Kier molecular flexibility index (Phi) is 3.01. The number of rotatable bonds is 1. The lowest BCUT2D eigenvalue weighted by molar-refractivity contribution is 0.408. The molecule has 0 bridgehead atoms. The monoisotopic (exact) mass is 266 g/mol. The van der Waals surface area contributed by atoms with Gasteiger partial charge in [0.25, 0.3) is 0 Å². The van der Waals surface area contributed by atoms with E-state index in [0.717, 1.165) is 28.4 Å². The Bertz CT molecular complexity index is 707. The Morgan fingerprint density at radius 1 is 0.950 bits per heavy atom. The SMILES string of the molecule is COc1ccc2c(c1)Oc1cc(C)ccc1C2=C(C)C. The quantitative estimate of drug-likeness (QED) is 0.620. The summed E-state index contributed by atoms with van der Waals surface area (Å²) in [4.78, 5) is 0. The first-order valence-electron chi connectivity index (χ1n) is 6.75. The van der Waals surface area contributed by atoms with E-state index in [1.54, 1.807) is 7.11 Å². The van der Waals surface area contributed by atoms with Gasteiger partial charge in [-0.15, -0.1) is 0 Å². The van der Waals surface area contributed by atoms with Gasteiger partial charge in [-0.2, -0.15) is 0 Å². The van der Waals surface area contributed by atoms with E-state index in [-0.39, 0.29) is 0 Å². The second kappa shape index (κ2) is 4.71. The highest BCUT2D eigenvalue weighted by molar-refractivity contribution is 5.89. The van der Waals surface area contributed by atoms with E-state index in [1.807, 2.05) is 12.1 Å². The third kappa shape index (κ3) is 1.97. The Morgan fingerprint density at radius 2 is 1.60 bits per heavy atom. The predicted molar refractivity (Wildman–Crippen MR) is 81.6 cm³/mol. The molecule has 102 valence electrons. The van der Waals surface area contributed by atoms with Gasteiger partial charge in [-0.25, -0.2) is 0 Å². The standard InChI is InChI=1S/C18H18O2/c1-11(2)18-14-7-5-12(3)9-16(14)20-17-10-13(19-4)6-8-15(17)18/h5-10H,1-4H3. The average Bonchev–Trinajstić information content (AvgIpc) is 2.43. The third-order valence-corrected chi connectivity index (χ3v) is 3.58. The molecule has 20 heavy (non-hydrogen) atoms. The van der Waals surface area contributed by atoms with Crippen LogP contribution < -0.4 is 9.47 Å². The number of methoxy groups -OCH3 is 1. The van der Waals surface area contributed by atoms with Crippen LogP contribution in [0.4, 0.5) is 0 Å². The van der Waals surface area contributed by atoms with Gasteiger partial charge in [-0.05, 0) is 50.1 Å². The lowest BCUT2D eigenvalue weighted by Crippen LogP contribution is -2.04. The molecule has 0 amide bonds. The van der Waals surface area contributed by atoms with Crippen molar-refractivity contribution in [2.24, 2.45) is 0 Å². The maximum Gasteiger partial charge on any atom is 0.138 e. The Balaban J connectivity index is 2.26. The first kappa shape index (κ1) is 12.8. The molecule has 0 aromatic heterocycles. The second-order valence-corrected chi connectivity index (χ2v) is 5.34. The van der Waals surface area contributed by atoms with Crippen LogP contribution in [-0.4, -0.2) is 7.11 Å². The topological polar surface area (TPSA) is 18.5 Å². The molecule has 3 rings (SSSR count). The maximum atomic E-state index is 6.07.